The number of hydrogen-bond acceptors (Lipinski definition) is 5. The zero-order chi connectivity index (χ0) is 11.1. The predicted octanol–water partition coefficient (Wildman–Crippen LogP) is -0.139. The van der Waals surface area contributed by atoms with Crippen LogP contribution in [0.25, 0.3) is 5.65 Å². The molecule has 6 nitrogen and oxygen atoms in total. The fraction of sp³-hybridized carbons (Fsp3) is 0.500. The Morgan fingerprint density at radius 1 is 1.44 bits per heavy atom. The maximum Gasteiger partial charge on any atom is 0.203 e. The van der Waals surface area contributed by atoms with Crippen LogP contribution in [0.3, 0.4) is 0 Å². The van der Waals surface area contributed by atoms with Gasteiger partial charge in [0.15, 0.2) is 5.82 Å². The summed E-state index contributed by atoms with van der Waals surface area (Å²) in [5, 5.41) is 17.1. The number of hydrogen-bond donors (Lipinski definition) is 1. The van der Waals surface area contributed by atoms with E-state index >= 15 is 0 Å². The molecular formula is C10H13N5O. The minimum atomic E-state index is 0.241. The van der Waals surface area contributed by atoms with E-state index in [0.717, 1.165) is 30.4 Å². The normalized spacial score (nSPS) is 16.8. The molecule has 1 saturated heterocycles. The van der Waals surface area contributed by atoms with E-state index < -0.39 is 0 Å². The highest BCUT2D eigenvalue weighted by molar-refractivity contribution is 5.64. The van der Waals surface area contributed by atoms with Gasteiger partial charge < -0.3 is 10.0 Å². The molecule has 0 aromatic carbocycles. The molecule has 2 aromatic heterocycles. The first-order valence-corrected chi connectivity index (χ1v) is 5.31. The van der Waals surface area contributed by atoms with Crippen molar-refractivity contribution in [3.63, 3.8) is 0 Å². The Kier molecular flexibility index (Phi) is 2.03. The molecular weight excluding hydrogens is 206 g/mol. The molecule has 1 aliphatic rings. The summed E-state index contributed by atoms with van der Waals surface area (Å²) in [5.41, 5.74) is 0.788. The van der Waals surface area contributed by atoms with Crippen molar-refractivity contribution < 1.29 is 5.11 Å². The molecule has 0 saturated carbocycles. The maximum absolute atomic E-state index is 8.99. The van der Waals surface area contributed by atoms with Crippen molar-refractivity contribution in [3.05, 3.63) is 18.2 Å². The Hall–Kier alpha value is -1.69. The van der Waals surface area contributed by atoms with Gasteiger partial charge in [-0.05, 0) is 6.92 Å². The third kappa shape index (κ3) is 1.26. The maximum atomic E-state index is 8.99. The van der Waals surface area contributed by atoms with E-state index in [1.165, 1.54) is 0 Å². The minimum Gasteiger partial charge on any atom is -0.396 e. The summed E-state index contributed by atoms with van der Waals surface area (Å²) in [6, 6.07) is 0. The number of aliphatic hydroxyl groups excluding tert-OH is 1. The summed E-state index contributed by atoms with van der Waals surface area (Å²) in [6.07, 6.45) is 3.61. The Morgan fingerprint density at radius 3 is 3.00 bits per heavy atom. The number of aryl methyl sites for hydroxylation is 1. The van der Waals surface area contributed by atoms with Crippen LogP contribution in [0.2, 0.25) is 0 Å². The third-order valence-corrected chi connectivity index (χ3v) is 2.99. The largest absolute Gasteiger partial charge is 0.396 e. The van der Waals surface area contributed by atoms with Gasteiger partial charge in [0.05, 0.1) is 0 Å². The van der Waals surface area contributed by atoms with Crippen LogP contribution in [0.15, 0.2) is 12.4 Å². The van der Waals surface area contributed by atoms with Crippen LogP contribution in [-0.2, 0) is 0 Å². The van der Waals surface area contributed by atoms with Gasteiger partial charge in [-0.2, -0.15) is 0 Å². The SMILES string of the molecule is Cc1nnc2c(N3CC(CO)C3)nccn12. The van der Waals surface area contributed by atoms with Crippen LogP contribution >= 0.6 is 0 Å². The van der Waals surface area contributed by atoms with Crippen LogP contribution in [0.4, 0.5) is 5.82 Å². The molecule has 0 amide bonds. The molecule has 84 valence electrons. The van der Waals surface area contributed by atoms with E-state index in [0.29, 0.717) is 5.92 Å². The smallest absolute Gasteiger partial charge is 0.203 e. The molecule has 0 aliphatic carbocycles. The Morgan fingerprint density at radius 2 is 2.25 bits per heavy atom. The van der Waals surface area contributed by atoms with E-state index in [9.17, 15) is 0 Å². The lowest BCUT2D eigenvalue weighted by atomic mass is 10.0. The first kappa shape index (κ1) is 9.53. The average molecular weight is 219 g/mol. The van der Waals surface area contributed by atoms with Crippen molar-refractivity contribution in [2.24, 2.45) is 5.92 Å². The lowest BCUT2D eigenvalue weighted by molar-refractivity contribution is 0.200. The fourth-order valence-corrected chi connectivity index (χ4v) is 2.01. The quantitative estimate of drug-likeness (QED) is 0.761. The van der Waals surface area contributed by atoms with Crippen LogP contribution in [-0.4, -0.2) is 44.4 Å². The third-order valence-electron chi connectivity index (χ3n) is 2.99. The topological polar surface area (TPSA) is 66.5 Å². The van der Waals surface area contributed by atoms with Crippen LogP contribution in [0, 0.1) is 12.8 Å². The van der Waals surface area contributed by atoms with E-state index in [-0.39, 0.29) is 6.61 Å². The molecule has 3 heterocycles. The number of anilines is 1. The second kappa shape index (κ2) is 3.41. The van der Waals surface area contributed by atoms with Gasteiger partial charge in [0.1, 0.15) is 5.82 Å². The molecule has 0 atom stereocenters. The van der Waals surface area contributed by atoms with Gasteiger partial charge in [-0.1, -0.05) is 0 Å². The molecule has 0 spiro atoms. The lowest BCUT2D eigenvalue weighted by Crippen LogP contribution is -2.49. The molecule has 1 aliphatic heterocycles. The Bertz CT molecular complexity index is 517. The van der Waals surface area contributed by atoms with E-state index in [1.807, 2.05) is 17.5 Å². The summed E-state index contributed by atoms with van der Waals surface area (Å²) in [7, 11) is 0. The number of aromatic nitrogens is 4. The van der Waals surface area contributed by atoms with Crippen molar-refractivity contribution in [2.75, 3.05) is 24.6 Å². The summed E-state index contributed by atoms with van der Waals surface area (Å²) in [6.45, 7) is 3.84. The number of nitrogens with zero attached hydrogens (tertiary/aromatic N) is 5. The zero-order valence-corrected chi connectivity index (χ0v) is 9.04. The van der Waals surface area contributed by atoms with Gasteiger partial charge in [-0.3, -0.25) is 4.40 Å². The van der Waals surface area contributed by atoms with Crippen molar-refractivity contribution in [2.45, 2.75) is 6.92 Å². The van der Waals surface area contributed by atoms with E-state index in [4.69, 9.17) is 5.11 Å². The highest BCUT2D eigenvalue weighted by Crippen LogP contribution is 2.25. The summed E-state index contributed by atoms with van der Waals surface area (Å²) >= 11 is 0. The van der Waals surface area contributed by atoms with Crippen molar-refractivity contribution in [1.29, 1.82) is 0 Å². The molecule has 0 unspecified atom stereocenters. The Balaban J connectivity index is 1.98. The average Bonchev–Trinajstić information content (AvgIpc) is 2.60. The first-order valence-electron chi connectivity index (χ1n) is 5.31. The van der Waals surface area contributed by atoms with Crippen molar-refractivity contribution in [1.82, 2.24) is 19.6 Å². The standard InChI is InChI=1S/C10H13N5O/c1-7-12-13-10-9(11-2-3-15(7)10)14-4-8(5-14)6-16/h2-3,8,16H,4-6H2,1H3. The number of fused-ring (bicyclic) bond motifs is 1. The van der Waals surface area contributed by atoms with Gasteiger partial charge in [-0.15, -0.1) is 10.2 Å². The second-order valence-corrected chi connectivity index (χ2v) is 4.15. The summed E-state index contributed by atoms with van der Waals surface area (Å²) in [4.78, 5) is 6.45. The minimum absolute atomic E-state index is 0.241. The molecule has 3 rings (SSSR count). The van der Waals surface area contributed by atoms with Gasteiger partial charge >= 0.3 is 0 Å². The molecule has 6 heteroatoms. The lowest BCUT2D eigenvalue weighted by Gasteiger charge is -2.38. The number of aliphatic hydroxyl groups is 1. The summed E-state index contributed by atoms with van der Waals surface area (Å²) < 4.78 is 1.93. The molecule has 16 heavy (non-hydrogen) atoms. The molecule has 0 bridgehead atoms. The molecule has 2 aromatic rings. The monoisotopic (exact) mass is 219 g/mol. The first-order chi connectivity index (χ1) is 7.79. The fourth-order valence-electron chi connectivity index (χ4n) is 2.01. The molecule has 1 fully saturated rings. The highest BCUT2D eigenvalue weighted by Gasteiger charge is 2.29. The highest BCUT2D eigenvalue weighted by atomic mass is 16.3. The van der Waals surface area contributed by atoms with Crippen LogP contribution < -0.4 is 4.90 Å². The molecule has 1 N–H and O–H groups in total. The second-order valence-electron chi connectivity index (χ2n) is 4.15. The van der Waals surface area contributed by atoms with E-state index in [2.05, 4.69) is 20.1 Å². The number of rotatable bonds is 2. The van der Waals surface area contributed by atoms with Crippen LogP contribution in [0.5, 0.6) is 0 Å². The van der Waals surface area contributed by atoms with Gasteiger partial charge in [0.25, 0.3) is 0 Å². The van der Waals surface area contributed by atoms with Crippen molar-refractivity contribution in [3.8, 4) is 0 Å². The zero-order valence-electron chi connectivity index (χ0n) is 9.04. The van der Waals surface area contributed by atoms with Gasteiger partial charge in [-0.25, -0.2) is 4.98 Å². The molecule has 0 radical (unpaired) electrons. The van der Waals surface area contributed by atoms with Crippen molar-refractivity contribution >= 4 is 11.5 Å². The predicted molar refractivity (Wildman–Crippen MR) is 58.3 cm³/mol. The van der Waals surface area contributed by atoms with Gasteiger partial charge in [0, 0.05) is 38.0 Å². The Labute approximate surface area is 92.5 Å². The van der Waals surface area contributed by atoms with Crippen LogP contribution in [0.1, 0.15) is 5.82 Å². The van der Waals surface area contributed by atoms with Gasteiger partial charge in [0.2, 0.25) is 5.65 Å². The van der Waals surface area contributed by atoms with E-state index in [1.54, 1.807) is 6.20 Å². The summed E-state index contributed by atoms with van der Waals surface area (Å²) in [5.74, 6) is 2.08.